The van der Waals surface area contributed by atoms with Gasteiger partial charge in [0.15, 0.2) is 0 Å². The second kappa shape index (κ2) is 7.55. The number of nitrogens with one attached hydrogen (secondary N) is 1. The van der Waals surface area contributed by atoms with Crippen molar-refractivity contribution in [2.24, 2.45) is 0 Å². The average molecular weight is 270 g/mol. The summed E-state index contributed by atoms with van der Waals surface area (Å²) in [5, 5.41) is 3.60. The number of hydrogen-bond donors (Lipinski definition) is 1. The van der Waals surface area contributed by atoms with Crippen molar-refractivity contribution in [1.82, 2.24) is 5.32 Å². The van der Waals surface area contributed by atoms with Gasteiger partial charge < -0.3 is 5.32 Å². The lowest BCUT2D eigenvalue weighted by Crippen LogP contribution is -2.22. The smallest absolute Gasteiger partial charge is 0.142 e. The Morgan fingerprint density at radius 2 is 2.17 bits per heavy atom. The molecule has 1 rings (SSSR count). The summed E-state index contributed by atoms with van der Waals surface area (Å²) in [5.41, 5.74) is 2.10. The van der Waals surface area contributed by atoms with Crippen LogP contribution in [0.4, 0.5) is 4.39 Å². The second-order valence-corrected chi connectivity index (χ2v) is 4.90. The van der Waals surface area contributed by atoms with Gasteiger partial charge in [0.1, 0.15) is 5.82 Å². The van der Waals surface area contributed by atoms with Gasteiger partial charge in [-0.15, -0.1) is 0 Å². The summed E-state index contributed by atoms with van der Waals surface area (Å²) in [6, 6.07) is 5.12. The SMILES string of the molecule is C=C(CC)CC(NCCC)c1ccc(Cl)c(F)c1. The summed E-state index contributed by atoms with van der Waals surface area (Å²) in [5.74, 6) is -0.362. The Labute approximate surface area is 114 Å². The van der Waals surface area contributed by atoms with E-state index in [2.05, 4.69) is 25.7 Å². The summed E-state index contributed by atoms with van der Waals surface area (Å²) >= 11 is 5.71. The third-order valence-electron chi connectivity index (χ3n) is 2.98. The lowest BCUT2D eigenvalue weighted by molar-refractivity contribution is 0.519. The van der Waals surface area contributed by atoms with Crippen molar-refractivity contribution in [3.8, 4) is 0 Å². The fourth-order valence-electron chi connectivity index (χ4n) is 1.79. The third-order valence-corrected chi connectivity index (χ3v) is 3.29. The molecule has 0 aliphatic carbocycles. The highest BCUT2D eigenvalue weighted by Gasteiger charge is 2.13. The van der Waals surface area contributed by atoms with Crippen molar-refractivity contribution in [1.29, 1.82) is 0 Å². The molecule has 0 aromatic heterocycles. The first-order valence-corrected chi connectivity index (χ1v) is 6.81. The summed E-state index contributed by atoms with van der Waals surface area (Å²) < 4.78 is 13.5. The molecule has 3 heteroatoms. The monoisotopic (exact) mass is 269 g/mol. The van der Waals surface area contributed by atoms with Crippen LogP contribution in [0.25, 0.3) is 0 Å². The topological polar surface area (TPSA) is 12.0 Å². The van der Waals surface area contributed by atoms with E-state index in [-0.39, 0.29) is 16.9 Å². The summed E-state index contributed by atoms with van der Waals surface area (Å²) in [6.07, 6.45) is 2.82. The van der Waals surface area contributed by atoms with E-state index in [1.54, 1.807) is 6.07 Å². The highest BCUT2D eigenvalue weighted by atomic mass is 35.5. The Morgan fingerprint density at radius 3 is 2.72 bits per heavy atom. The van der Waals surface area contributed by atoms with Gasteiger partial charge in [-0.1, -0.05) is 43.7 Å². The first kappa shape index (κ1) is 15.2. The van der Waals surface area contributed by atoms with E-state index in [0.29, 0.717) is 0 Å². The highest BCUT2D eigenvalue weighted by molar-refractivity contribution is 6.30. The molecular formula is C15H21ClFN. The molecule has 1 nitrogen and oxygen atoms in total. The van der Waals surface area contributed by atoms with Crippen LogP contribution in [0.15, 0.2) is 30.4 Å². The maximum Gasteiger partial charge on any atom is 0.142 e. The molecule has 0 heterocycles. The van der Waals surface area contributed by atoms with E-state index < -0.39 is 0 Å². The Bertz CT molecular complexity index is 403. The fourth-order valence-corrected chi connectivity index (χ4v) is 1.91. The van der Waals surface area contributed by atoms with Gasteiger partial charge in [0.25, 0.3) is 0 Å². The van der Waals surface area contributed by atoms with E-state index in [0.717, 1.165) is 31.4 Å². The number of rotatable bonds is 7. The number of benzene rings is 1. The molecule has 1 aromatic rings. The van der Waals surface area contributed by atoms with Gasteiger partial charge in [-0.25, -0.2) is 4.39 Å². The molecule has 1 aromatic carbocycles. The fraction of sp³-hybridized carbons (Fsp3) is 0.467. The van der Waals surface area contributed by atoms with E-state index >= 15 is 0 Å². The molecule has 0 amide bonds. The molecule has 0 bridgehead atoms. The van der Waals surface area contributed by atoms with E-state index in [9.17, 15) is 4.39 Å². The van der Waals surface area contributed by atoms with Gasteiger partial charge in [0.2, 0.25) is 0 Å². The second-order valence-electron chi connectivity index (χ2n) is 4.49. The minimum Gasteiger partial charge on any atom is -0.310 e. The van der Waals surface area contributed by atoms with E-state index in [1.165, 1.54) is 11.6 Å². The van der Waals surface area contributed by atoms with Crippen LogP contribution in [0.2, 0.25) is 5.02 Å². The number of hydrogen-bond acceptors (Lipinski definition) is 1. The van der Waals surface area contributed by atoms with Crippen molar-refractivity contribution in [3.63, 3.8) is 0 Å². The van der Waals surface area contributed by atoms with Crippen molar-refractivity contribution < 1.29 is 4.39 Å². The normalized spacial score (nSPS) is 12.4. The first-order chi connectivity index (χ1) is 8.58. The van der Waals surface area contributed by atoms with Crippen LogP contribution in [0, 0.1) is 5.82 Å². The average Bonchev–Trinajstić information content (AvgIpc) is 2.37. The molecule has 1 N–H and O–H groups in total. The van der Waals surface area contributed by atoms with Gasteiger partial charge in [-0.3, -0.25) is 0 Å². The van der Waals surface area contributed by atoms with Crippen LogP contribution in [0.1, 0.15) is 44.7 Å². The quantitative estimate of drug-likeness (QED) is 0.696. The molecule has 0 aliphatic heterocycles. The molecule has 0 radical (unpaired) electrons. The predicted octanol–water partition coefficient (Wildman–Crippen LogP) is 4.88. The lowest BCUT2D eigenvalue weighted by Gasteiger charge is -2.20. The number of halogens is 2. The molecule has 1 unspecified atom stereocenters. The minimum atomic E-state index is -0.362. The van der Waals surface area contributed by atoms with Crippen LogP contribution in [-0.4, -0.2) is 6.54 Å². The van der Waals surface area contributed by atoms with Crippen LogP contribution in [0.3, 0.4) is 0 Å². The van der Waals surface area contributed by atoms with Crippen LogP contribution < -0.4 is 5.32 Å². The highest BCUT2D eigenvalue weighted by Crippen LogP contribution is 2.25. The molecule has 0 saturated carbocycles. The molecule has 0 aliphatic rings. The molecular weight excluding hydrogens is 249 g/mol. The zero-order chi connectivity index (χ0) is 13.5. The Hall–Kier alpha value is -0.860. The molecule has 0 saturated heterocycles. The van der Waals surface area contributed by atoms with Crippen molar-refractivity contribution >= 4 is 11.6 Å². The molecule has 0 spiro atoms. The van der Waals surface area contributed by atoms with Gasteiger partial charge in [-0.05, 0) is 43.5 Å². The molecule has 0 fully saturated rings. The van der Waals surface area contributed by atoms with Crippen molar-refractivity contribution in [2.45, 2.75) is 39.2 Å². The zero-order valence-electron chi connectivity index (χ0n) is 11.1. The van der Waals surface area contributed by atoms with Crippen LogP contribution >= 0.6 is 11.6 Å². The van der Waals surface area contributed by atoms with Gasteiger partial charge in [0.05, 0.1) is 5.02 Å². The van der Waals surface area contributed by atoms with E-state index in [1.807, 2.05) is 6.07 Å². The third kappa shape index (κ3) is 4.43. The largest absolute Gasteiger partial charge is 0.310 e. The first-order valence-electron chi connectivity index (χ1n) is 6.43. The maximum atomic E-state index is 13.5. The van der Waals surface area contributed by atoms with Gasteiger partial charge >= 0.3 is 0 Å². The van der Waals surface area contributed by atoms with Crippen molar-refractivity contribution in [3.05, 3.63) is 46.8 Å². The molecule has 100 valence electrons. The Kier molecular flexibility index (Phi) is 6.37. The van der Waals surface area contributed by atoms with Gasteiger partial charge in [0, 0.05) is 6.04 Å². The van der Waals surface area contributed by atoms with Crippen LogP contribution in [0.5, 0.6) is 0 Å². The Morgan fingerprint density at radius 1 is 1.44 bits per heavy atom. The predicted molar refractivity (Wildman–Crippen MR) is 76.5 cm³/mol. The lowest BCUT2D eigenvalue weighted by atomic mass is 9.98. The minimum absolute atomic E-state index is 0.115. The summed E-state index contributed by atoms with van der Waals surface area (Å²) in [7, 11) is 0. The molecule has 18 heavy (non-hydrogen) atoms. The van der Waals surface area contributed by atoms with Gasteiger partial charge in [-0.2, -0.15) is 0 Å². The zero-order valence-corrected chi connectivity index (χ0v) is 11.9. The summed E-state index contributed by atoms with van der Waals surface area (Å²) in [6.45, 7) is 9.13. The molecule has 1 atom stereocenters. The summed E-state index contributed by atoms with van der Waals surface area (Å²) in [4.78, 5) is 0. The Balaban J connectivity index is 2.86. The standard InChI is InChI=1S/C15H21ClFN/c1-4-8-18-15(9-11(3)5-2)12-6-7-13(16)14(17)10-12/h6-7,10,15,18H,3-5,8-9H2,1-2H3. The van der Waals surface area contributed by atoms with E-state index in [4.69, 9.17) is 11.6 Å². The van der Waals surface area contributed by atoms with Crippen LogP contribution in [-0.2, 0) is 0 Å². The maximum absolute atomic E-state index is 13.5. The van der Waals surface area contributed by atoms with Crippen molar-refractivity contribution in [2.75, 3.05) is 6.54 Å².